The lowest BCUT2D eigenvalue weighted by Gasteiger charge is -2.29. The number of fused-ring (bicyclic) bond motifs is 1. The minimum atomic E-state index is -4.75. The number of nitrogens with two attached hydrogens (primary N) is 1. The number of nitrogens with one attached hydrogen (secondary N) is 1. The molecule has 0 unspecified atom stereocenters. The van der Waals surface area contributed by atoms with Crippen LogP contribution >= 0.6 is 0 Å². The Morgan fingerprint density at radius 1 is 1.03 bits per heavy atom. The molecule has 164 valence electrons. The third-order valence-corrected chi connectivity index (χ3v) is 5.16. The van der Waals surface area contributed by atoms with E-state index in [9.17, 15) is 18.3 Å². The van der Waals surface area contributed by atoms with E-state index in [4.69, 9.17) is 10.5 Å². The summed E-state index contributed by atoms with van der Waals surface area (Å²) in [4.78, 5) is 16.4. The summed E-state index contributed by atoms with van der Waals surface area (Å²) in [5.74, 6) is 0.821. The Labute approximate surface area is 175 Å². The van der Waals surface area contributed by atoms with Gasteiger partial charge < -0.3 is 20.9 Å². The molecule has 0 bridgehead atoms. The molecule has 1 fully saturated rings. The standard InChI is InChI=1S/C20H21F3N6O2/c21-20(22,23)18(30)11-9-27-19(28-10-11)29-13-1-3-14(4-2-13)31-16-8-12(24)7-15-17(16)26-6-5-25-15/h5-10,13-14,18,30H,1-4,24H2,(H,27,28,29)/t13?,14?,18-/m1/s1. The number of alkyl halides is 3. The quantitative estimate of drug-likeness (QED) is 0.523. The first-order valence-corrected chi connectivity index (χ1v) is 9.80. The summed E-state index contributed by atoms with van der Waals surface area (Å²) in [6.07, 6.45) is 0.862. The Balaban J connectivity index is 1.33. The molecule has 0 radical (unpaired) electrons. The average Bonchev–Trinajstić information content (AvgIpc) is 2.74. The fraction of sp³-hybridized carbons (Fsp3) is 0.400. The smallest absolute Gasteiger partial charge is 0.418 e. The van der Waals surface area contributed by atoms with Crippen molar-refractivity contribution in [3.8, 4) is 5.75 Å². The molecule has 2 aromatic heterocycles. The molecular weight excluding hydrogens is 413 g/mol. The SMILES string of the molecule is Nc1cc(OC2CCC(Nc3ncc([C@@H](O)C(F)(F)F)cn3)CC2)c2nccnc2c1. The Bertz CT molecular complexity index is 1040. The Kier molecular flexibility index (Phi) is 5.77. The van der Waals surface area contributed by atoms with Crippen molar-refractivity contribution in [2.75, 3.05) is 11.1 Å². The summed E-state index contributed by atoms with van der Waals surface area (Å²) in [5.41, 5.74) is 7.43. The van der Waals surface area contributed by atoms with Gasteiger partial charge in [0, 0.05) is 48.1 Å². The van der Waals surface area contributed by atoms with Gasteiger partial charge in [-0.15, -0.1) is 0 Å². The summed E-state index contributed by atoms with van der Waals surface area (Å²) in [5, 5.41) is 12.4. The number of aliphatic hydroxyl groups excluding tert-OH is 1. The monoisotopic (exact) mass is 434 g/mol. The van der Waals surface area contributed by atoms with Gasteiger partial charge in [-0.05, 0) is 31.7 Å². The van der Waals surface area contributed by atoms with E-state index < -0.39 is 17.8 Å². The van der Waals surface area contributed by atoms with Crippen molar-refractivity contribution in [3.05, 3.63) is 42.5 Å². The van der Waals surface area contributed by atoms with Crippen LogP contribution in [0.5, 0.6) is 5.75 Å². The van der Waals surface area contributed by atoms with Crippen molar-refractivity contribution in [2.45, 2.75) is 50.1 Å². The van der Waals surface area contributed by atoms with Crippen LogP contribution in [0.3, 0.4) is 0 Å². The predicted octanol–water partition coefficient (Wildman–Crippen LogP) is 3.40. The van der Waals surface area contributed by atoms with Gasteiger partial charge in [0.15, 0.2) is 6.10 Å². The van der Waals surface area contributed by atoms with E-state index in [-0.39, 0.29) is 18.1 Å². The molecular formula is C20H21F3N6O2. The molecule has 3 aromatic rings. The lowest BCUT2D eigenvalue weighted by Crippen LogP contribution is -2.32. The number of benzene rings is 1. The van der Waals surface area contributed by atoms with E-state index in [1.165, 1.54) is 0 Å². The maximum atomic E-state index is 12.6. The molecule has 0 spiro atoms. The summed E-state index contributed by atoms with van der Waals surface area (Å²) in [7, 11) is 0. The third kappa shape index (κ3) is 4.93. The molecule has 0 saturated heterocycles. The maximum Gasteiger partial charge on any atom is 0.418 e. The average molecular weight is 434 g/mol. The highest BCUT2D eigenvalue weighted by molar-refractivity contribution is 5.84. The van der Waals surface area contributed by atoms with E-state index in [2.05, 4.69) is 25.3 Å². The fourth-order valence-corrected chi connectivity index (χ4v) is 3.58. The maximum absolute atomic E-state index is 12.6. The Morgan fingerprint density at radius 3 is 2.39 bits per heavy atom. The molecule has 1 aliphatic carbocycles. The zero-order valence-corrected chi connectivity index (χ0v) is 16.4. The Hall–Kier alpha value is -3.21. The first-order valence-electron chi connectivity index (χ1n) is 9.80. The minimum absolute atomic E-state index is 0.0183. The van der Waals surface area contributed by atoms with Gasteiger partial charge in [-0.1, -0.05) is 0 Å². The number of ether oxygens (including phenoxy) is 1. The van der Waals surface area contributed by atoms with Gasteiger partial charge in [-0.2, -0.15) is 13.2 Å². The number of rotatable bonds is 5. The summed E-state index contributed by atoms with van der Waals surface area (Å²) in [6.45, 7) is 0. The van der Waals surface area contributed by atoms with Crippen molar-refractivity contribution < 1.29 is 23.0 Å². The molecule has 2 heterocycles. The second kappa shape index (κ2) is 8.50. The van der Waals surface area contributed by atoms with Crippen molar-refractivity contribution in [1.82, 2.24) is 19.9 Å². The summed E-state index contributed by atoms with van der Waals surface area (Å²) >= 11 is 0. The predicted molar refractivity (Wildman–Crippen MR) is 107 cm³/mol. The highest BCUT2D eigenvalue weighted by Gasteiger charge is 2.39. The molecule has 31 heavy (non-hydrogen) atoms. The van der Waals surface area contributed by atoms with Crippen LogP contribution < -0.4 is 15.8 Å². The zero-order valence-electron chi connectivity index (χ0n) is 16.4. The number of hydrogen-bond acceptors (Lipinski definition) is 8. The molecule has 1 saturated carbocycles. The van der Waals surface area contributed by atoms with Crippen LogP contribution in [0.2, 0.25) is 0 Å². The van der Waals surface area contributed by atoms with Crippen molar-refractivity contribution in [3.63, 3.8) is 0 Å². The van der Waals surface area contributed by atoms with Gasteiger partial charge in [0.25, 0.3) is 0 Å². The molecule has 8 nitrogen and oxygen atoms in total. The summed E-state index contributed by atoms with van der Waals surface area (Å²) in [6, 6.07) is 3.55. The first-order chi connectivity index (χ1) is 14.8. The molecule has 0 amide bonds. The van der Waals surface area contributed by atoms with Gasteiger partial charge >= 0.3 is 6.18 Å². The van der Waals surface area contributed by atoms with E-state index in [0.29, 0.717) is 22.5 Å². The van der Waals surface area contributed by atoms with Crippen LogP contribution in [-0.2, 0) is 0 Å². The molecule has 11 heteroatoms. The number of nitrogen functional groups attached to an aromatic ring is 1. The fourth-order valence-electron chi connectivity index (χ4n) is 3.58. The van der Waals surface area contributed by atoms with Crippen molar-refractivity contribution in [1.29, 1.82) is 0 Å². The number of aromatic nitrogens is 4. The van der Waals surface area contributed by atoms with Gasteiger partial charge in [0.05, 0.1) is 11.6 Å². The largest absolute Gasteiger partial charge is 0.488 e. The van der Waals surface area contributed by atoms with E-state index in [1.54, 1.807) is 24.5 Å². The third-order valence-electron chi connectivity index (χ3n) is 5.16. The van der Waals surface area contributed by atoms with Gasteiger partial charge in [0.2, 0.25) is 5.95 Å². The number of aliphatic hydroxyl groups is 1. The highest BCUT2D eigenvalue weighted by atomic mass is 19.4. The molecule has 0 aliphatic heterocycles. The van der Waals surface area contributed by atoms with Crippen LogP contribution in [0.1, 0.15) is 37.4 Å². The molecule has 1 aromatic carbocycles. The Morgan fingerprint density at radius 2 is 1.71 bits per heavy atom. The van der Waals surface area contributed by atoms with Crippen molar-refractivity contribution in [2.24, 2.45) is 0 Å². The minimum Gasteiger partial charge on any atom is -0.488 e. The first kappa shape index (κ1) is 21.0. The van der Waals surface area contributed by atoms with Crippen LogP contribution in [0, 0.1) is 0 Å². The number of nitrogens with zero attached hydrogens (tertiary/aromatic N) is 4. The highest BCUT2D eigenvalue weighted by Crippen LogP contribution is 2.33. The van der Waals surface area contributed by atoms with Crippen LogP contribution in [0.4, 0.5) is 24.8 Å². The van der Waals surface area contributed by atoms with Crippen LogP contribution in [-0.4, -0.2) is 43.4 Å². The molecule has 4 N–H and O–H groups in total. The number of halogens is 3. The molecule has 4 rings (SSSR count). The number of anilines is 2. The lowest BCUT2D eigenvalue weighted by atomic mass is 9.93. The van der Waals surface area contributed by atoms with E-state index >= 15 is 0 Å². The van der Waals surface area contributed by atoms with Crippen LogP contribution in [0.25, 0.3) is 11.0 Å². The summed E-state index contributed by atoms with van der Waals surface area (Å²) < 4.78 is 43.8. The van der Waals surface area contributed by atoms with Gasteiger partial charge in [-0.3, -0.25) is 4.98 Å². The second-order valence-electron chi connectivity index (χ2n) is 7.46. The lowest BCUT2D eigenvalue weighted by molar-refractivity contribution is -0.206. The van der Waals surface area contributed by atoms with E-state index in [1.807, 2.05) is 0 Å². The van der Waals surface area contributed by atoms with Crippen molar-refractivity contribution >= 4 is 22.7 Å². The van der Waals surface area contributed by atoms with Gasteiger partial charge in [0.1, 0.15) is 11.3 Å². The van der Waals surface area contributed by atoms with Crippen LogP contribution in [0.15, 0.2) is 36.9 Å². The molecule has 1 aliphatic rings. The van der Waals surface area contributed by atoms with E-state index in [0.717, 1.165) is 38.1 Å². The van der Waals surface area contributed by atoms with Gasteiger partial charge in [-0.25, -0.2) is 15.0 Å². The number of hydrogen-bond donors (Lipinski definition) is 3. The normalized spacial score (nSPS) is 20.4. The molecule has 1 atom stereocenters. The topological polar surface area (TPSA) is 119 Å². The zero-order chi connectivity index (χ0) is 22.0. The second-order valence-corrected chi connectivity index (χ2v) is 7.46.